The fourth-order valence-corrected chi connectivity index (χ4v) is 4.66. The largest absolute Gasteiger partial charge is 0.494 e. The molecule has 0 unspecified atom stereocenters. The zero-order chi connectivity index (χ0) is 27.5. The molecule has 2 rings (SSSR count). The number of hydrogen-bond donors (Lipinski definition) is 0. The normalized spacial score (nSPS) is 11.4. The van der Waals surface area contributed by atoms with E-state index in [1.807, 2.05) is 0 Å². The van der Waals surface area contributed by atoms with Crippen LogP contribution in [-0.4, -0.2) is 21.3 Å². The molecule has 0 spiro atoms. The quantitative estimate of drug-likeness (QED) is 0.0822. The summed E-state index contributed by atoms with van der Waals surface area (Å²) in [6, 6.07) is 14.8. The Kier molecular flexibility index (Phi) is 15.7. The van der Waals surface area contributed by atoms with E-state index in [-0.39, 0.29) is 0 Å². The van der Waals surface area contributed by atoms with Crippen LogP contribution in [0.4, 0.5) is 0 Å². The SMILES string of the molecule is CCCCCCCCOc1ccc(OCCCCCCCC)c(/C=C/c2ccc(C#C[Si](C)(C)C)cc2)c1. The molecule has 2 aromatic carbocycles. The first-order valence-corrected chi connectivity index (χ1v) is 18.6. The van der Waals surface area contributed by atoms with Crippen LogP contribution in [0.1, 0.15) is 108 Å². The van der Waals surface area contributed by atoms with Crippen LogP contribution in [0.5, 0.6) is 11.5 Å². The third kappa shape index (κ3) is 14.5. The Bertz CT molecular complexity index is 989. The first kappa shape index (κ1) is 31.8. The molecule has 0 aliphatic carbocycles. The molecule has 3 heteroatoms. The second-order valence-corrected chi connectivity index (χ2v) is 16.1. The molecule has 208 valence electrons. The number of hydrogen-bond acceptors (Lipinski definition) is 2. The van der Waals surface area contributed by atoms with E-state index in [2.05, 4.69) is 99.6 Å². The molecule has 0 aromatic heterocycles. The first-order chi connectivity index (χ1) is 18.4. The highest BCUT2D eigenvalue weighted by atomic mass is 28.3. The lowest BCUT2D eigenvalue weighted by Crippen LogP contribution is -2.16. The summed E-state index contributed by atoms with van der Waals surface area (Å²) in [5.41, 5.74) is 6.75. The van der Waals surface area contributed by atoms with Crippen molar-refractivity contribution in [1.82, 2.24) is 0 Å². The van der Waals surface area contributed by atoms with Crippen LogP contribution in [-0.2, 0) is 0 Å². The van der Waals surface area contributed by atoms with Gasteiger partial charge in [0.2, 0.25) is 0 Å². The Morgan fingerprint density at radius 3 is 1.84 bits per heavy atom. The fourth-order valence-electron chi connectivity index (χ4n) is 4.14. The highest BCUT2D eigenvalue weighted by Crippen LogP contribution is 2.27. The van der Waals surface area contributed by atoms with Gasteiger partial charge in [0.15, 0.2) is 0 Å². The minimum absolute atomic E-state index is 0.759. The smallest absolute Gasteiger partial charge is 0.129 e. The highest BCUT2D eigenvalue weighted by molar-refractivity contribution is 6.83. The molecule has 2 aromatic rings. The molecule has 0 N–H and O–H groups in total. The lowest BCUT2D eigenvalue weighted by molar-refractivity contribution is 0.296. The highest BCUT2D eigenvalue weighted by Gasteiger charge is 2.07. The summed E-state index contributed by atoms with van der Waals surface area (Å²) in [4.78, 5) is 0. The van der Waals surface area contributed by atoms with Crippen LogP contribution in [0, 0.1) is 11.5 Å². The Hall–Kier alpha value is -2.44. The average Bonchev–Trinajstić information content (AvgIpc) is 2.90. The fraction of sp³-hybridized carbons (Fsp3) is 0.543. The van der Waals surface area contributed by atoms with Gasteiger partial charge < -0.3 is 9.47 Å². The Labute approximate surface area is 235 Å². The lowest BCUT2D eigenvalue weighted by Gasteiger charge is -2.12. The second-order valence-electron chi connectivity index (χ2n) is 11.4. The summed E-state index contributed by atoms with van der Waals surface area (Å²) in [7, 11) is -1.37. The maximum atomic E-state index is 6.23. The summed E-state index contributed by atoms with van der Waals surface area (Å²) in [5.74, 6) is 5.18. The van der Waals surface area contributed by atoms with E-state index >= 15 is 0 Å². The maximum Gasteiger partial charge on any atom is 0.129 e. The predicted octanol–water partition coefficient (Wildman–Crippen LogP) is 10.6. The van der Waals surface area contributed by atoms with Crippen molar-refractivity contribution in [3.8, 4) is 23.0 Å². The van der Waals surface area contributed by atoms with Crippen LogP contribution in [0.25, 0.3) is 12.2 Å². The summed E-state index contributed by atoms with van der Waals surface area (Å²) in [6.45, 7) is 12.9. The van der Waals surface area contributed by atoms with Crippen molar-refractivity contribution < 1.29 is 9.47 Å². The molecule has 0 radical (unpaired) electrons. The Morgan fingerprint density at radius 2 is 1.24 bits per heavy atom. The van der Waals surface area contributed by atoms with E-state index in [0.29, 0.717) is 0 Å². The molecule has 0 aliphatic rings. The lowest BCUT2D eigenvalue weighted by atomic mass is 10.1. The van der Waals surface area contributed by atoms with Gasteiger partial charge in [-0.3, -0.25) is 0 Å². The Morgan fingerprint density at radius 1 is 0.658 bits per heavy atom. The average molecular weight is 533 g/mol. The zero-order valence-electron chi connectivity index (χ0n) is 24.9. The minimum atomic E-state index is -1.37. The van der Waals surface area contributed by atoms with Gasteiger partial charge in [-0.1, -0.05) is 128 Å². The van der Waals surface area contributed by atoms with Crippen molar-refractivity contribution in [1.29, 1.82) is 0 Å². The summed E-state index contributed by atoms with van der Waals surface area (Å²) < 4.78 is 12.3. The van der Waals surface area contributed by atoms with Gasteiger partial charge in [0, 0.05) is 11.1 Å². The van der Waals surface area contributed by atoms with Gasteiger partial charge in [0.25, 0.3) is 0 Å². The molecule has 0 aliphatic heterocycles. The molecule has 38 heavy (non-hydrogen) atoms. The standard InChI is InChI=1S/C35H52O2Si/c1-6-8-10-12-14-16-27-36-34-24-25-35(37-28-17-15-13-11-9-7-2)33(30-34)23-22-31-18-20-32(21-19-31)26-29-38(3,4)5/h18-25,30H,6-17,27-28H2,1-5H3/b23-22+. The van der Waals surface area contributed by atoms with Crippen LogP contribution < -0.4 is 9.47 Å². The number of benzene rings is 2. The predicted molar refractivity (Wildman–Crippen MR) is 170 cm³/mol. The molecule has 2 nitrogen and oxygen atoms in total. The maximum absolute atomic E-state index is 6.23. The van der Waals surface area contributed by atoms with Crippen LogP contribution in [0.15, 0.2) is 42.5 Å². The molecule has 0 saturated carbocycles. The summed E-state index contributed by atoms with van der Waals surface area (Å²) in [6.07, 6.45) is 19.5. The van der Waals surface area contributed by atoms with Gasteiger partial charge in [-0.25, -0.2) is 0 Å². The Balaban J connectivity index is 2.02. The first-order valence-electron chi connectivity index (χ1n) is 15.1. The minimum Gasteiger partial charge on any atom is -0.494 e. The van der Waals surface area contributed by atoms with Gasteiger partial charge >= 0.3 is 0 Å². The third-order valence-corrected chi connectivity index (χ3v) is 7.33. The van der Waals surface area contributed by atoms with Gasteiger partial charge in [-0.15, -0.1) is 5.54 Å². The van der Waals surface area contributed by atoms with Crippen molar-refractivity contribution >= 4 is 20.2 Å². The molecule has 0 fully saturated rings. The van der Waals surface area contributed by atoms with Gasteiger partial charge in [0.05, 0.1) is 13.2 Å². The molecule has 0 heterocycles. The van der Waals surface area contributed by atoms with Gasteiger partial charge in [-0.2, -0.15) is 0 Å². The van der Waals surface area contributed by atoms with Gasteiger partial charge in [0.1, 0.15) is 19.6 Å². The molecule has 0 bridgehead atoms. The number of unbranched alkanes of at least 4 members (excludes halogenated alkanes) is 10. The van der Waals surface area contributed by atoms with Crippen molar-refractivity contribution in [2.45, 2.75) is 111 Å². The van der Waals surface area contributed by atoms with Crippen LogP contribution in [0.2, 0.25) is 19.6 Å². The van der Waals surface area contributed by atoms with Crippen LogP contribution in [0.3, 0.4) is 0 Å². The summed E-state index contributed by atoms with van der Waals surface area (Å²) >= 11 is 0. The molecule has 0 atom stereocenters. The van der Waals surface area contributed by atoms with E-state index in [1.54, 1.807) is 0 Å². The topological polar surface area (TPSA) is 18.5 Å². The van der Waals surface area contributed by atoms with Crippen molar-refractivity contribution in [3.63, 3.8) is 0 Å². The second kappa shape index (κ2) is 18.7. The molecule has 0 amide bonds. The van der Waals surface area contributed by atoms with Crippen LogP contribution >= 0.6 is 0 Å². The van der Waals surface area contributed by atoms with E-state index in [9.17, 15) is 0 Å². The van der Waals surface area contributed by atoms with Crippen molar-refractivity contribution in [3.05, 3.63) is 59.2 Å². The van der Waals surface area contributed by atoms with Crippen molar-refractivity contribution in [2.24, 2.45) is 0 Å². The van der Waals surface area contributed by atoms with E-state index < -0.39 is 8.07 Å². The van der Waals surface area contributed by atoms with E-state index in [1.165, 1.54) is 64.2 Å². The number of ether oxygens (including phenoxy) is 2. The number of rotatable bonds is 18. The summed E-state index contributed by atoms with van der Waals surface area (Å²) in [5, 5.41) is 0. The molecule has 0 saturated heterocycles. The van der Waals surface area contributed by atoms with Crippen molar-refractivity contribution in [2.75, 3.05) is 13.2 Å². The van der Waals surface area contributed by atoms with E-state index in [0.717, 1.165) is 54.2 Å². The molecular formula is C35H52O2Si. The third-order valence-electron chi connectivity index (χ3n) is 6.45. The molecular weight excluding hydrogens is 480 g/mol. The van der Waals surface area contributed by atoms with Gasteiger partial charge in [-0.05, 0) is 48.7 Å². The monoisotopic (exact) mass is 532 g/mol. The van der Waals surface area contributed by atoms with E-state index in [4.69, 9.17) is 9.47 Å². The zero-order valence-corrected chi connectivity index (χ0v) is 25.9.